The highest BCUT2D eigenvalue weighted by Gasteiger charge is 2.24. The normalized spacial score (nSPS) is 13.0. The fraction of sp³-hybridized carbons (Fsp3) is 0.294. The summed E-state index contributed by atoms with van der Waals surface area (Å²) < 4.78 is 11.8. The van der Waals surface area contributed by atoms with Crippen LogP contribution < -0.4 is 11.3 Å². The topological polar surface area (TPSA) is 64.3 Å². The minimum atomic E-state index is -0.214. The Morgan fingerprint density at radius 2 is 1.81 bits per heavy atom. The van der Waals surface area contributed by atoms with Crippen molar-refractivity contribution in [3.05, 3.63) is 58.2 Å². The van der Waals surface area contributed by atoms with Crippen molar-refractivity contribution >= 4 is 11.0 Å². The highest BCUT2D eigenvalue weighted by molar-refractivity contribution is 5.81. The molecule has 4 heteroatoms. The number of benzene rings is 1. The fourth-order valence-electron chi connectivity index (χ4n) is 2.91. The van der Waals surface area contributed by atoms with E-state index in [2.05, 4.69) is 5.43 Å². The van der Waals surface area contributed by atoms with Crippen LogP contribution in [0.5, 0.6) is 0 Å². The van der Waals surface area contributed by atoms with Crippen LogP contribution in [-0.4, -0.2) is 0 Å². The van der Waals surface area contributed by atoms with Gasteiger partial charge in [-0.3, -0.25) is 5.84 Å². The zero-order chi connectivity index (χ0) is 15.1. The summed E-state index contributed by atoms with van der Waals surface area (Å²) in [6, 6.07) is 7.94. The van der Waals surface area contributed by atoms with Gasteiger partial charge in [-0.1, -0.05) is 18.2 Å². The van der Waals surface area contributed by atoms with Gasteiger partial charge in [0.2, 0.25) is 0 Å². The van der Waals surface area contributed by atoms with E-state index in [0.717, 1.165) is 44.9 Å². The Balaban J connectivity index is 2.16. The molecule has 2 heterocycles. The number of para-hydroxylation sites is 1. The zero-order valence-corrected chi connectivity index (χ0v) is 12.8. The first kappa shape index (κ1) is 13.9. The quantitative estimate of drug-likeness (QED) is 0.567. The van der Waals surface area contributed by atoms with E-state index in [1.807, 2.05) is 52.0 Å². The minimum absolute atomic E-state index is 0.214. The van der Waals surface area contributed by atoms with Gasteiger partial charge in [-0.05, 0) is 44.9 Å². The van der Waals surface area contributed by atoms with Crippen molar-refractivity contribution in [3.63, 3.8) is 0 Å². The smallest absolute Gasteiger partial charge is 0.137 e. The summed E-state index contributed by atoms with van der Waals surface area (Å²) in [5, 5.41) is 1.08. The van der Waals surface area contributed by atoms with E-state index in [9.17, 15) is 0 Å². The molecule has 1 aromatic carbocycles. The molecule has 3 rings (SSSR count). The van der Waals surface area contributed by atoms with E-state index in [0.29, 0.717) is 0 Å². The Kier molecular flexibility index (Phi) is 3.35. The lowest BCUT2D eigenvalue weighted by Gasteiger charge is -2.13. The van der Waals surface area contributed by atoms with Gasteiger partial charge in [0.05, 0.1) is 0 Å². The number of nitrogens with one attached hydrogen (secondary N) is 1. The lowest BCUT2D eigenvalue weighted by atomic mass is 10.0. The first-order valence-corrected chi connectivity index (χ1v) is 7.04. The summed E-state index contributed by atoms with van der Waals surface area (Å²) in [6.45, 7) is 7.99. The standard InChI is InChI=1S/C17H20N2O2/c1-9-6-5-7-13-8-14(21-17(9)13)16(19-18)15-10(2)11(3)20-12(15)4/h5-8,16,19H,18H2,1-4H3. The Hall–Kier alpha value is -2.04. The van der Waals surface area contributed by atoms with E-state index >= 15 is 0 Å². The van der Waals surface area contributed by atoms with Crippen molar-refractivity contribution in [2.75, 3.05) is 0 Å². The molecule has 0 aliphatic rings. The van der Waals surface area contributed by atoms with E-state index in [1.165, 1.54) is 0 Å². The highest BCUT2D eigenvalue weighted by Crippen LogP contribution is 2.34. The Morgan fingerprint density at radius 1 is 1.05 bits per heavy atom. The number of furan rings is 2. The van der Waals surface area contributed by atoms with Crippen molar-refractivity contribution in [3.8, 4) is 0 Å². The number of hydrogen-bond donors (Lipinski definition) is 2. The van der Waals surface area contributed by atoms with Crippen LogP contribution in [0.4, 0.5) is 0 Å². The van der Waals surface area contributed by atoms with Crippen molar-refractivity contribution in [2.24, 2.45) is 5.84 Å². The van der Waals surface area contributed by atoms with E-state index in [4.69, 9.17) is 14.7 Å². The zero-order valence-electron chi connectivity index (χ0n) is 12.8. The fourth-order valence-corrected chi connectivity index (χ4v) is 2.91. The van der Waals surface area contributed by atoms with Gasteiger partial charge in [-0.15, -0.1) is 0 Å². The average molecular weight is 284 g/mol. The third-order valence-electron chi connectivity index (χ3n) is 4.12. The largest absolute Gasteiger partial charge is 0.466 e. The molecule has 2 aromatic heterocycles. The molecule has 1 atom stereocenters. The molecule has 110 valence electrons. The predicted octanol–water partition coefficient (Wildman–Crippen LogP) is 3.81. The summed E-state index contributed by atoms with van der Waals surface area (Å²) in [4.78, 5) is 0. The van der Waals surface area contributed by atoms with Gasteiger partial charge in [-0.25, -0.2) is 5.43 Å². The van der Waals surface area contributed by atoms with Gasteiger partial charge in [-0.2, -0.15) is 0 Å². The second-order valence-corrected chi connectivity index (χ2v) is 5.49. The molecule has 0 fully saturated rings. The number of nitrogens with two attached hydrogens (primary N) is 1. The van der Waals surface area contributed by atoms with Crippen LogP contribution in [0.3, 0.4) is 0 Å². The number of fused-ring (bicyclic) bond motifs is 1. The van der Waals surface area contributed by atoms with E-state index < -0.39 is 0 Å². The molecule has 0 bridgehead atoms. The molecule has 0 aliphatic heterocycles. The summed E-state index contributed by atoms with van der Waals surface area (Å²) in [6.07, 6.45) is 0. The summed E-state index contributed by atoms with van der Waals surface area (Å²) in [7, 11) is 0. The lowest BCUT2D eigenvalue weighted by Crippen LogP contribution is -2.29. The molecule has 4 nitrogen and oxygen atoms in total. The van der Waals surface area contributed by atoms with Crippen LogP contribution >= 0.6 is 0 Å². The average Bonchev–Trinajstić information content (AvgIpc) is 2.97. The molecule has 1 unspecified atom stereocenters. The van der Waals surface area contributed by atoms with Crippen LogP contribution in [0.2, 0.25) is 0 Å². The maximum atomic E-state index is 6.04. The second kappa shape index (κ2) is 5.06. The molecule has 0 radical (unpaired) electrons. The van der Waals surface area contributed by atoms with Crippen LogP contribution in [-0.2, 0) is 0 Å². The molecule has 0 saturated heterocycles. The van der Waals surface area contributed by atoms with Crippen molar-refractivity contribution < 1.29 is 8.83 Å². The maximum absolute atomic E-state index is 6.04. The first-order chi connectivity index (χ1) is 10.0. The van der Waals surface area contributed by atoms with Gasteiger partial charge >= 0.3 is 0 Å². The molecule has 0 aliphatic carbocycles. The molecule has 0 spiro atoms. The molecular weight excluding hydrogens is 264 g/mol. The summed E-state index contributed by atoms with van der Waals surface area (Å²) in [5.74, 6) is 8.37. The third-order valence-corrected chi connectivity index (χ3v) is 4.12. The summed E-state index contributed by atoms with van der Waals surface area (Å²) >= 11 is 0. The number of hydrogen-bond acceptors (Lipinski definition) is 4. The van der Waals surface area contributed by atoms with Gasteiger partial charge in [0.1, 0.15) is 28.9 Å². The SMILES string of the molecule is Cc1oc(C)c(C(NN)c2cc3cccc(C)c3o2)c1C. The summed E-state index contributed by atoms with van der Waals surface area (Å²) in [5.41, 5.74) is 7.03. The van der Waals surface area contributed by atoms with Crippen LogP contribution in [0, 0.1) is 27.7 Å². The molecule has 0 saturated carbocycles. The number of hydrazine groups is 1. The molecular formula is C17H20N2O2. The first-order valence-electron chi connectivity index (χ1n) is 7.04. The highest BCUT2D eigenvalue weighted by atomic mass is 16.3. The molecule has 21 heavy (non-hydrogen) atoms. The minimum Gasteiger partial charge on any atom is -0.466 e. The molecule has 0 amide bonds. The second-order valence-electron chi connectivity index (χ2n) is 5.49. The van der Waals surface area contributed by atoms with Crippen molar-refractivity contribution in [2.45, 2.75) is 33.7 Å². The van der Waals surface area contributed by atoms with Crippen molar-refractivity contribution in [1.29, 1.82) is 0 Å². The van der Waals surface area contributed by atoms with Gasteiger partial charge in [0.25, 0.3) is 0 Å². The number of rotatable bonds is 3. The van der Waals surface area contributed by atoms with Crippen molar-refractivity contribution in [1.82, 2.24) is 5.43 Å². The third kappa shape index (κ3) is 2.17. The Labute approximate surface area is 123 Å². The monoisotopic (exact) mass is 284 g/mol. The Bertz CT molecular complexity index is 799. The van der Waals surface area contributed by atoms with Crippen LogP contribution in [0.1, 0.15) is 40.0 Å². The molecule has 3 N–H and O–H groups in total. The maximum Gasteiger partial charge on any atom is 0.137 e. The lowest BCUT2D eigenvalue weighted by molar-refractivity contribution is 0.460. The van der Waals surface area contributed by atoms with Crippen LogP contribution in [0.15, 0.2) is 33.1 Å². The predicted molar refractivity (Wildman–Crippen MR) is 83.0 cm³/mol. The van der Waals surface area contributed by atoms with Gasteiger partial charge in [0, 0.05) is 10.9 Å². The van der Waals surface area contributed by atoms with Gasteiger partial charge < -0.3 is 8.83 Å². The van der Waals surface area contributed by atoms with E-state index in [-0.39, 0.29) is 6.04 Å². The van der Waals surface area contributed by atoms with Gasteiger partial charge in [0.15, 0.2) is 0 Å². The van der Waals surface area contributed by atoms with E-state index in [1.54, 1.807) is 0 Å². The molecule has 3 aromatic rings. The number of aryl methyl sites for hydroxylation is 3. The van der Waals surface area contributed by atoms with Crippen LogP contribution in [0.25, 0.3) is 11.0 Å². The Morgan fingerprint density at radius 3 is 2.38 bits per heavy atom.